The summed E-state index contributed by atoms with van der Waals surface area (Å²) in [6.07, 6.45) is 3.96. The zero-order chi connectivity index (χ0) is 31.1. The molecule has 0 aliphatic heterocycles. The summed E-state index contributed by atoms with van der Waals surface area (Å²) in [6, 6.07) is 20.7. The van der Waals surface area contributed by atoms with Gasteiger partial charge in [0.05, 0.1) is 31.8 Å². The number of carbonyl (C=O) groups excluding carboxylic acids is 2. The Bertz CT molecular complexity index is 1620. The van der Waals surface area contributed by atoms with Crippen molar-refractivity contribution in [3.8, 4) is 11.5 Å². The summed E-state index contributed by atoms with van der Waals surface area (Å²) in [7, 11) is 7.09. The van der Waals surface area contributed by atoms with E-state index in [1.165, 1.54) is 0 Å². The molecule has 5 rings (SSSR count). The number of anilines is 3. The van der Waals surface area contributed by atoms with E-state index in [0.717, 1.165) is 42.4 Å². The van der Waals surface area contributed by atoms with Crippen LogP contribution in [0, 0.1) is 5.92 Å². The second-order valence-electron chi connectivity index (χ2n) is 11.3. The fraction of sp³-hybridized carbons (Fsp3) is 0.353. The molecule has 3 aromatic carbocycles. The van der Waals surface area contributed by atoms with Crippen LogP contribution in [0.15, 0.2) is 66.7 Å². The average molecular weight is 597 g/mol. The molecule has 44 heavy (non-hydrogen) atoms. The zero-order valence-electron chi connectivity index (χ0n) is 25.7. The van der Waals surface area contributed by atoms with Gasteiger partial charge in [-0.1, -0.05) is 30.3 Å². The Hall–Kier alpha value is -4.86. The normalized spacial score (nSPS) is 16.2. The number of hydrogen-bond acceptors (Lipinski definition) is 8. The lowest BCUT2D eigenvalue weighted by Crippen LogP contribution is -2.34. The SMILES string of the molecule is COc1ccc(OC)c(NC(=O)Cc2ccccc2C(=O)NC[C@H]2CC[C@@H](Nc3nc(N(C)C)c4ccccc4n3)CC2)c1. The lowest BCUT2D eigenvalue weighted by molar-refractivity contribution is -0.115. The molecule has 2 amide bonds. The van der Waals surface area contributed by atoms with E-state index in [2.05, 4.69) is 16.0 Å². The number of hydrogen-bond donors (Lipinski definition) is 3. The molecule has 0 saturated heterocycles. The topological polar surface area (TPSA) is 118 Å². The summed E-state index contributed by atoms with van der Waals surface area (Å²) in [5, 5.41) is 10.6. The monoisotopic (exact) mass is 596 g/mol. The quantitative estimate of drug-likeness (QED) is 0.214. The fourth-order valence-corrected chi connectivity index (χ4v) is 5.67. The summed E-state index contributed by atoms with van der Waals surface area (Å²) in [5.41, 5.74) is 2.59. The minimum absolute atomic E-state index is 0.0487. The Morgan fingerprint density at radius 2 is 1.66 bits per heavy atom. The van der Waals surface area contributed by atoms with Gasteiger partial charge in [0.25, 0.3) is 5.91 Å². The van der Waals surface area contributed by atoms with E-state index in [9.17, 15) is 9.59 Å². The van der Waals surface area contributed by atoms with E-state index in [1.54, 1.807) is 38.5 Å². The number of methoxy groups -OCH3 is 2. The molecule has 1 aliphatic rings. The van der Waals surface area contributed by atoms with E-state index in [0.29, 0.717) is 46.7 Å². The molecule has 0 atom stereocenters. The van der Waals surface area contributed by atoms with Gasteiger partial charge >= 0.3 is 0 Å². The van der Waals surface area contributed by atoms with E-state index in [-0.39, 0.29) is 24.3 Å². The van der Waals surface area contributed by atoms with E-state index in [1.807, 2.05) is 61.5 Å². The molecule has 0 unspecified atom stereocenters. The van der Waals surface area contributed by atoms with Crippen molar-refractivity contribution in [1.82, 2.24) is 15.3 Å². The van der Waals surface area contributed by atoms with Crippen LogP contribution in [0.3, 0.4) is 0 Å². The van der Waals surface area contributed by atoms with Crippen molar-refractivity contribution in [1.29, 1.82) is 0 Å². The molecule has 10 heteroatoms. The van der Waals surface area contributed by atoms with Gasteiger partial charge in [-0.2, -0.15) is 4.98 Å². The van der Waals surface area contributed by atoms with Gasteiger partial charge in [0.1, 0.15) is 17.3 Å². The molecule has 0 radical (unpaired) electrons. The largest absolute Gasteiger partial charge is 0.497 e. The average Bonchev–Trinajstić information content (AvgIpc) is 3.04. The van der Waals surface area contributed by atoms with Gasteiger partial charge < -0.3 is 30.3 Å². The highest BCUT2D eigenvalue weighted by Crippen LogP contribution is 2.30. The maximum Gasteiger partial charge on any atom is 0.251 e. The lowest BCUT2D eigenvalue weighted by Gasteiger charge is -2.29. The van der Waals surface area contributed by atoms with Gasteiger partial charge in [0, 0.05) is 43.7 Å². The first-order chi connectivity index (χ1) is 21.3. The summed E-state index contributed by atoms with van der Waals surface area (Å²) in [4.78, 5) is 37.7. The van der Waals surface area contributed by atoms with Crippen molar-refractivity contribution < 1.29 is 19.1 Å². The van der Waals surface area contributed by atoms with Gasteiger partial charge in [-0.25, -0.2) is 4.98 Å². The molecule has 1 heterocycles. The molecule has 4 aromatic rings. The number of nitrogens with one attached hydrogen (secondary N) is 3. The lowest BCUT2D eigenvalue weighted by atomic mass is 9.86. The Kier molecular flexibility index (Phi) is 9.79. The number of rotatable bonds is 11. The Morgan fingerprint density at radius 1 is 0.909 bits per heavy atom. The molecule has 10 nitrogen and oxygen atoms in total. The van der Waals surface area contributed by atoms with Crippen molar-refractivity contribution in [2.45, 2.75) is 38.1 Å². The predicted octanol–water partition coefficient (Wildman–Crippen LogP) is 5.29. The molecular weight excluding hydrogens is 556 g/mol. The first-order valence-electron chi connectivity index (χ1n) is 14.9. The third-order valence-electron chi connectivity index (χ3n) is 8.03. The molecule has 3 N–H and O–H groups in total. The summed E-state index contributed by atoms with van der Waals surface area (Å²) in [5.74, 6) is 2.62. The van der Waals surface area contributed by atoms with Gasteiger partial charge in [-0.15, -0.1) is 0 Å². The molecule has 1 aliphatic carbocycles. The predicted molar refractivity (Wildman–Crippen MR) is 174 cm³/mol. The molecule has 0 bridgehead atoms. The standard InChI is InChI=1S/C34H40N6O4/c1-40(2)32-27-11-7-8-12-28(27)38-34(39-32)36-24-15-13-22(14-16-24)21-35-33(42)26-10-6-5-9-23(26)19-31(41)37-29-20-25(43-3)17-18-30(29)44-4/h5-12,17-18,20,22,24H,13-16,19,21H2,1-4H3,(H,35,42)(H,37,41)(H,36,38,39)/t22-,24+. The molecule has 0 spiro atoms. The highest BCUT2D eigenvalue weighted by atomic mass is 16.5. The van der Waals surface area contributed by atoms with Crippen molar-refractivity contribution in [2.24, 2.45) is 5.92 Å². The molecule has 230 valence electrons. The highest BCUT2D eigenvalue weighted by molar-refractivity contribution is 5.99. The van der Waals surface area contributed by atoms with Gasteiger partial charge in [0.15, 0.2) is 0 Å². The second-order valence-corrected chi connectivity index (χ2v) is 11.3. The van der Waals surface area contributed by atoms with Gasteiger partial charge in [0.2, 0.25) is 11.9 Å². The zero-order valence-corrected chi connectivity index (χ0v) is 25.7. The number of fused-ring (bicyclic) bond motifs is 1. The second kappa shape index (κ2) is 14.1. The molecule has 1 saturated carbocycles. The highest BCUT2D eigenvalue weighted by Gasteiger charge is 2.23. The van der Waals surface area contributed by atoms with E-state index < -0.39 is 0 Å². The van der Waals surface area contributed by atoms with Crippen LogP contribution in [0.25, 0.3) is 10.9 Å². The third kappa shape index (κ3) is 7.37. The van der Waals surface area contributed by atoms with E-state index in [4.69, 9.17) is 19.4 Å². The number of ether oxygens (including phenoxy) is 2. The molecular formula is C34H40N6O4. The number of benzene rings is 3. The number of carbonyl (C=O) groups is 2. The number of nitrogens with zero attached hydrogens (tertiary/aromatic N) is 3. The van der Waals surface area contributed by atoms with Crippen LogP contribution in [-0.4, -0.2) is 62.7 Å². The summed E-state index contributed by atoms with van der Waals surface area (Å²) >= 11 is 0. The minimum Gasteiger partial charge on any atom is -0.497 e. The number of amides is 2. The third-order valence-corrected chi connectivity index (χ3v) is 8.03. The Balaban J connectivity index is 1.14. The first-order valence-corrected chi connectivity index (χ1v) is 14.9. The number of para-hydroxylation sites is 1. The number of aromatic nitrogens is 2. The van der Waals surface area contributed by atoms with Crippen LogP contribution < -0.4 is 30.3 Å². The minimum atomic E-state index is -0.254. The van der Waals surface area contributed by atoms with Crippen molar-refractivity contribution in [2.75, 3.05) is 50.4 Å². The maximum absolute atomic E-state index is 13.2. The van der Waals surface area contributed by atoms with Crippen molar-refractivity contribution >= 4 is 40.2 Å². The van der Waals surface area contributed by atoms with E-state index >= 15 is 0 Å². The maximum atomic E-state index is 13.2. The van der Waals surface area contributed by atoms with Crippen LogP contribution in [-0.2, 0) is 11.2 Å². The molecule has 1 aromatic heterocycles. The van der Waals surface area contributed by atoms with Crippen LogP contribution >= 0.6 is 0 Å². The smallest absolute Gasteiger partial charge is 0.251 e. The van der Waals surface area contributed by atoms with Crippen LogP contribution in [0.5, 0.6) is 11.5 Å². The summed E-state index contributed by atoms with van der Waals surface area (Å²) < 4.78 is 10.6. The van der Waals surface area contributed by atoms with Crippen LogP contribution in [0.4, 0.5) is 17.5 Å². The first kappa shape index (κ1) is 30.6. The Morgan fingerprint density at radius 3 is 2.41 bits per heavy atom. The Labute approximate surface area is 258 Å². The summed E-state index contributed by atoms with van der Waals surface area (Å²) in [6.45, 7) is 0.588. The van der Waals surface area contributed by atoms with Gasteiger partial charge in [-0.3, -0.25) is 9.59 Å². The fourth-order valence-electron chi connectivity index (χ4n) is 5.67. The van der Waals surface area contributed by atoms with Gasteiger partial charge in [-0.05, 0) is 67.5 Å². The van der Waals surface area contributed by atoms with Crippen molar-refractivity contribution in [3.05, 3.63) is 77.9 Å². The molecule has 1 fully saturated rings. The van der Waals surface area contributed by atoms with Crippen molar-refractivity contribution in [3.63, 3.8) is 0 Å². The van der Waals surface area contributed by atoms with Crippen LogP contribution in [0.2, 0.25) is 0 Å². The van der Waals surface area contributed by atoms with Crippen LogP contribution in [0.1, 0.15) is 41.6 Å².